The predicted molar refractivity (Wildman–Crippen MR) is 78.0 cm³/mol. The van der Waals surface area contributed by atoms with Gasteiger partial charge >= 0.3 is 48.9 Å². The van der Waals surface area contributed by atoms with Gasteiger partial charge in [-0.05, 0) is 30.0 Å². The van der Waals surface area contributed by atoms with Crippen LogP contribution >= 0.6 is 0 Å². The monoisotopic (exact) mass is 412 g/mol. The summed E-state index contributed by atoms with van der Waals surface area (Å²) in [5, 5.41) is 21.7. The van der Waals surface area contributed by atoms with Crippen LogP contribution in [0, 0.1) is 0 Å². The largest absolute Gasteiger partial charge is 2.00 e. The fourth-order valence-electron chi connectivity index (χ4n) is 2.11. The summed E-state index contributed by atoms with van der Waals surface area (Å²) < 4.78 is 0. The molecule has 0 N–H and O–H groups in total. The molecule has 1 aromatic carbocycles. The molecule has 0 saturated heterocycles. The summed E-state index contributed by atoms with van der Waals surface area (Å²) in [5.74, 6) is -3.04. The third kappa shape index (κ3) is 7.33. The van der Waals surface area contributed by atoms with Crippen LogP contribution in [0.25, 0.3) is 5.57 Å². The molecule has 5 heteroatoms. The quantitative estimate of drug-likeness (QED) is 0.350. The van der Waals surface area contributed by atoms with Gasteiger partial charge in [-0.2, -0.15) is 0 Å². The smallest absolute Gasteiger partial charge is 0.545 e. The molecule has 0 atom stereocenters. The third-order valence-electron chi connectivity index (χ3n) is 3.09. The molecule has 1 aromatic rings. The van der Waals surface area contributed by atoms with Crippen molar-refractivity contribution in [3.05, 3.63) is 41.5 Å². The molecule has 0 unspecified atom stereocenters. The number of hydrogen-bond donors (Lipinski definition) is 0. The Kier molecular flexibility index (Phi) is 10.8. The van der Waals surface area contributed by atoms with Crippen LogP contribution in [0.3, 0.4) is 0 Å². The Balaban J connectivity index is 0.00000400. The van der Waals surface area contributed by atoms with Crippen LogP contribution in [0.15, 0.2) is 30.3 Å². The van der Waals surface area contributed by atoms with Crippen LogP contribution in [0.1, 0.15) is 43.7 Å². The molecule has 1 rings (SSSR count). The second-order valence-electron chi connectivity index (χ2n) is 4.63. The Labute approximate surface area is 165 Å². The van der Waals surface area contributed by atoms with Crippen LogP contribution in [-0.4, -0.2) is 60.8 Å². The minimum absolute atomic E-state index is 0. The Morgan fingerprint density at radius 2 is 1.76 bits per heavy atom. The van der Waals surface area contributed by atoms with Gasteiger partial charge in [-0.15, -0.1) is 0 Å². The molecule has 0 saturated carbocycles. The number of carbonyl (C=O) groups is 2. The zero-order valence-corrected chi connectivity index (χ0v) is 16.7. The molecule has 0 bridgehead atoms. The Bertz CT molecular complexity index is 509. The summed E-state index contributed by atoms with van der Waals surface area (Å²) >= 11 is 0. The number of unbranched alkanes of at least 4 members (excludes halogenated alkanes) is 3. The van der Waals surface area contributed by atoms with Crippen molar-refractivity contribution in [2.45, 2.75) is 39.0 Å². The number of rotatable bonds is 8. The van der Waals surface area contributed by atoms with Crippen molar-refractivity contribution < 1.29 is 19.8 Å². The Hall–Kier alpha value is -0.529. The van der Waals surface area contributed by atoms with Crippen molar-refractivity contribution in [2.24, 2.45) is 0 Å². The number of carboxylic acid groups (broad SMARTS) is 2. The molecule has 0 amide bonds. The van der Waals surface area contributed by atoms with E-state index in [4.69, 9.17) is 0 Å². The van der Waals surface area contributed by atoms with Crippen LogP contribution in [0.2, 0.25) is 0 Å². The maximum absolute atomic E-state index is 11.1. The molecule has 0 fully saturated rings. The van der Waals surface area contributed by atoms with E-state index < -0.39 is 11.9 Å². The first-order chi connectivity index (χ1) is 9.56. The van der Waals surface area contributed by atoms with E-state index in [1.807, 2.05) is 12.1 Å². The summed E-state index contributed by atoms with van der Waals surface area (Å²) in [6.45, 7) is 2.12. The van der Waals surface area contributed by atoms with E-state index in [0.29, 0.717) is 18.1 Å². The van der Waals surface area contributed by atoms with E-state index in [9.17, 15) is 19.8 Å². The number of aryl methyl sites for hydroxylation is 1. The number of carboxylic acids is 2. The van der Waals surface area contributed by atoms with Gasteiger partial charge in [-0.1, -0.05) is 50.5 Å². The minimum atomic E-state index is -1.54. The normalized spacial score (nSPS) is 10.8. The van der Waals surface area contributed by atoms with Gasteiger partial charge < -0.3 is 19.8 Å². The molecule has 0 radical (unpaired) electrons. The van der Waals surface area contributed by atoms with Crippen LogP contribution in [0.4, 0.5) is 0 Å². The second kappa shape index (κ2) is 11.1. The molecule has 0 aliphatic carbocycles. The fourth-order valence-corrected chi connectivity index (χ4v) is 2.11. The zero-order chi connectivity index (χ0) is 15.0. The third-order valence-corrected chi connectivity index (χ3v) is 3.09. The Morgan fingerprint density at radius 3 is 2.33 bits per heavy atom. The second-order valence-corrected chi connectivity index (χ2v) is 4.63. The molecule has 4 nitrogen and oxygen atoms in total. The van der Waals surface area contributed by atoms with E-state index >= 15 is 0 Å². The van der Waals surface area contributed by atoms with E-state index in [-0.39, 0.29) is 54.5 Å². The van der Waals surface area contributed by atoms with Gasteiger partial charge in [0.25, 0.3) is 0 Å². The summed E-state index contributed by atoms with van der Waals surface area (Å²) in [4.78, 5) is 21.7. The summed E-state index contributed by atoms with van der Waals surface area (Å²) in [6, 6.07) is 6.90. The van der Waals surface area contributed by atoms with Crippen LogP contribution in [-0.2, 0) is 16.0 Å². The molecule has 0 heterocycles. The summed E-state index contributed by atoms with van der Waals surface area (Å²) in [6.07, 6.45) is 5.56. The first-order valence-electron chi connectivity index (χ1n) is 6.78. The molecular formula is C16H18BaO4. The number of aliphatic carboxylic acids is 2. The molecular weight excluding hydrogens is 394 g/mol. The fraction of sp³-hybridized carbons (Fsp3) is 0.375. The number of hydrogen-bond acceptors (Lipinski definition) is 4. The number of benzene rings is 1. The van der Waals surface area contributed by atoms with Crippen molar-refractivity contribution in [2.75, 3.05) is 0 Å². The zero-order valence-electron chi connectivity index (χ0n) is 12.3. The van der Waals surface area contributed by atoms with Crippen LogP contribution in [0.5, 0.6) is 0 Å². The van der Waals surface area contributed by atoms with Gasteiger partial charge in [0.05, 0.1) is 11.9 Å². The van der Waals surface area contributed by atoms with Crippen molar-refractivity contribution in [3.63, 3.8) is 0 Å². The average Bonchev–Trinajstić information content (AvgIpc) is 2.41. The molecule has 0 aliphatic rings. The topological polar surface area (TPSA) is 80.3 Å². The first-order valence-corrected chi connectivity index (χ1v) is 6.78. The van der Waals surface area contributed by atoms with Crippen molar-refractivity contribution in [1.29, 1.82) is 0 Å². The average molecular weight is 412 g/mol. The standard InChI is InChI=1S/C16H20O4.Ba/c1-2-3-4-5-8-12-9-6-7-10-13(12)14(16(19)20)11-15(17)18;/h6-7,9-11H,2-5,8H2,1H3,(H,17,18)(H,19,20);/q;+2/p-2/b14-11-;. The summed E-state index contributed by atoms with van der Waals surface area (Å²) in [5.41, 5.74) is 0.879. The molecule has 21 heavy (non-hydrogen) atoms. The van der Waals surface area contributed by atoms with Gasteiger partial charge in [0, 0.05) is 5.57 Å². The van der Waals surface area contributed by atoms with Gasteiger partial charge in [-0.3, -0.25) is 0 Å². The molecule has 108 valence electrons. The molecule has 0 aliphatic heterocycles. The SMILES string of the molecule is CCCCCCc1ccccc1/C(=C/C(=O)[O-])C(=O)[O-].[Ba+2]. The van der Waals surface area contributed by atoms with E-state index in [0.717, 1.165) is 31.2 Å². The molecule has 0 spiro atoms. The maximum atomic E-state index is 11.1. The first kappa shape index (κ1) is 20.5. The van der Waals surface area contributed by atoms with Gasteiger partial charge in [0.1, 0.15) is 0 Å². The summed E-state index contributed by atoms with van der Waals surface area (Å²) in [7, 11) is 0. The Morgan fingerprint density at radius 1 is 1.10 bits per heavy atom. The van der Waals surface area contributed by atoms with Gasteiger partial charge in [0.2, 0.25) is 0 Å². The van der Waals surface area contributed by atoms with Gasteiger partial charge in [0.15, 0.2) is 0 Å². The van der Waals surface area contributed by atoms with E-state index in [2.05, 4.69) is 6.92 Å². The van der Waals surface area contributed by atoms with Crippen molar-refractivity contribution in [3.8, 4) is 0 Å². The van der Waals surface area contributed by atoms with Gasteiger partial charge in [-0.25, -0.2) is 0 Å². The van der Waals surface area contributed by atoms with Crippen molar-refractivity contribution in [1.82, 2.24) is 0 Å². The van der Waals surface area contributed by atoms with E-state index in [1.165, 1.54) is 0 Å². The minimum Gasteiger partial charge on any atom is -0.545 e. The predicted octanol–water partition coefficient (Wildman–Crippen LogP) is 0.312. The number of carbonyl (C=O) groups excluding carboxylic acids is 2. The van der Waals surface area contributed by atoms with E-state index in [1.54, 1.807) is 12.1 Å². The molecule has 0 aromatic heterocycles. The maximum Gasteiger partial charge on any atom is 2.00 e. The van der Waals surface area contributed by atoms with Crippen LogP contribution < -0.4 is 10.2 Å². The van der Waals surface area contributed by atoms with Crippen molar-refractivity contribution >= 4 is 66.4 Å².